The second-order valence-electron chi connectivity index (χ2n) is 16.5. The van der Waals surface area contributed by atoms with Crippen molar-refractivity contribution in [3.05, 3.63) is 0 Å². The van der Waals surface area contributed by atoms with E-state index in [1.807, 2.05) is 0 Å². The van der Waals surface area contributed by atoms with Crippen LogP contribution in [0.3, 0.4) is 0 Å². The molecular formula is C36H61NO28. The van der Waals surface area contributed by atoms with Crippen LogP contribution in [0.2, 0.25) is 0 Å². The first kappa shape index (κ1) is 53.9. The molecule has 0 aliphatic carbocycles. The van der Waals surface area contributed by atoms with Gasteiger partial charge in [-0.2, -0.15) is 0 Å². The first-order chi connectivity index (χ1) is 30.5. The third-order valence-electron chi connectivity index (χ3n) is 12.1. The van der Waals surface area contributed by atoms with Gasteiger partial charge in [-0.25, -0.2) is 4.79 Å². The number of amides is 1. The molecule has 0 aromatic heterocycles. The highest BCUT2D eigenvalue weighted by Gasteiger charge is 2.58. The molecule has 5 aliphatic heterocycles. The van der Waals surface area contributed by atoms with Crippen LogP contribution in [0.5, 0.6) is 0 Å². The lowest BCUT2D eigenvalue weighted by atomic mass is 9.84. The molecule has 5 fully saturated rings. The van der Waals surface area contributed by atoms with Gasteiger partial charge in [0.2, 0.25) is 5.91 Å². The lowest BCUT2D eigenvalue weighted by Gasteiger charge is -2.50. The number of carboxylic acid groups (broad SMARTS) is 1. The quantitative estimate of drug-likeness (QED) is 0.0644. The fourth-order valence-electron chi connectivity index (χ4n) is 8.20. The third-order valence-corrected chi connectivity index (χ3v) is 12.1. The van der Waals surface area contributed by atoms with Crippen molar-refractivity contribution in [2.45, 2.75) is 173 Å². The molecule has 29 heteroatoms. The predicted molar refractivity (Wildman–Crippen MR) is 198 cm³/mol. The third kappa shape index (κ3) is 11.4. The van der Waals surface area contributed by atoms with Crippen molar-refractivity contribution < 1.29 is 139 Å². The van der Waals surface area contributed by atoms with Gasteiger partial charge < -0.3 is 135 Å². The number of ether oxygens (including phenoxy) is 9. The lowest BCUT2D eigenvalue weighted by Crippen LogP contribution is -2.70. The Morgan fingerprint density at radius 1 is 0.646 bits per heavy atom. The van der Waals surface area contributed by atoms with Crippen LogP contribution < -0.4 is 5.32 Å². The summed E-state index contributed by atoms with van der Waals surface area (Å²) < 4.78 is 50.3. The van der Waals surface area contributed by atoms with Crippen LogP contribution in [0, 0.1) is 5.92 Å². The van der Waals surface area contributed by atoms with E-state index in [0.29, 0.717) is 0 Å². The SMILES string of the molecule is CC(=O)NC1[C@H](O[C@@H]2C(O)[C@H](O[C@@H]3C(CO)OC(O)C(O)[C@H]3O)OC(CO)[C@@H]2O)OC(CO)[C@@H](O[C@@H]2OC(CO[C@]3(C(=O)O)C[C@@H](O)C(C)[C@H]([C@H](O)[C@H](O)CO)O3)[C@H](O)[C@H](O)C2O)[C@@H]1O. The summed E-state index contributed by atoms with van der Waals surface area (Å²) in [7, 11) is 0. The number of aliphatic hydroxyl groups is 16. The molecule has 26 atom stereocenters. The average Bonchev–Trinajstić information content (AvgIpc) is 3.27. The van der Waals surface area contributed by atoms with E-state index in [-0.39, 0.29) is 0 Å². The first-order valence-corrected chi connectivity index (χ1v) is 20.6. The van der Waals surface area contributed by atoms with Gasteiger partial charge in [-0.15, -0.1) is 0 Å². The highest BCUT2D eigenvalue weighted by molar-refractivity contribution is 5.76. The van der Waals surface area contributed by atoms with E-state index in [2.05, 4.69) is 5.32 Å². The molecule has 5 aliphatic rings. The number of aliphatic hydroxyl groups excluding tert-OH is 16. The Kier molecular flexibility index (Phi) is 18.7. The number of carbonyl (C=O) groups excluding carboxylic acids is 1. The summed E-state index contributed by atoms with van der Waals surface area (Å²) in [6.07, 6.45) is -44.2. The van der Waals surface area contributed by atoms with Crippen molar-refractivity contribution >= 4 is 11.9 Å². The van der Waals surface area contributed by atoms with Gasteiger partial charge in [0.15, 0.2) is 25.2 Å². The molecule has 10 unspecified atom stereocenters. The van der Waals surface area contributed by atoms with E-state index < -0.39 is 210 Å². The summed E-state index contributed by atoms with van der Waals surface area (Å²) >= 11 is 0. The van der Waals surface area contributed by atoms with Crippen molar-refractivity contribution in [1.82, 2.24) is 5.32 Å². The van der Waals surface area contributed by atoms with Crippen LogP contribution in [0.25, 0.3) is 0 Å². The number of nitrogens with one attached hydrogen (secondary N) is 1. The van der Waals surface area contributed by atoms with Crippen LogP contribution in [0.15, 0.2) is 0 Å². The molecule has 1 amide bonds. The maximum absolute atomic E-state index is 12.6. The molecule has 0 saturated carbocycles. The van der Waals surface area contributed by atoms with Crippen LogP contribution >= 0.6 is 0 Å². The van der Waals surface area contributed by atoms with Gasteiger partial charge in [0.1, 0.15) is 110 Å². The fourth-order valence-corrected chi connectivity index (χ4v) is 8.20. The average molecular weight is 956 g/mol. The molecule has 18 N–H and O–H groups in total. The van der Waals surface area contributed by atoms with Crippen LogP contribution in [0.1, 0.15) is 20.3 Å². The number of carboxylic acids is 1. The molecule has 5 heterocycles. The molecule has 65 heavy (non-hydrogen) atoms. The Morgan fingerprint density at radius 3 is 1.75 bits per heavy atom. The lowest BCUT2D eigenvalue weighted by molar-refractivity contribution is -0.381. The molecule has 0 bridgehead atoms. The van der Waals surface area contributed by atoms with E-state index >= 15 is 0 Å². The smallest absolute Gasteiger partial charge is 0.364 e. The number of aliphatic carboxylic acids is 1. The maximum atomic E-state index is 12.6. The zero-order valence-electron chi connectivity index (χ0n) is 34.8. The minimum Gasteiger partial charge on any atom is -0.477 e. The van der Waals surface area contributed by atoms with Crippen molar-refractivity contribution in [2.75, 3.05) is 33.0 Å². The highest BCUT2D eigenvalue weighted by Crippen LogP contribution is 2.38. The van der Waals surface area contributed by atoms with Crippen molar-refractivity contribution in [1.29, 1.82) is 0 Å². The van der Waals surface area contributed by atoms with E-state index in [1.165, 1.54) is 6.92 Å². The Morgan fingerprint density at radius 2 is 1.18 bits per heavy atom. The van der Waals surface area contributed by atoms with E-state index in [1.54, 1.807) is 0 Å². The van der Waals surface area contributed by atoms with E-state index in [0.717, 1.165) is 6.92 Å². The Bertz CT molecular complexity index is 1540. The summed E-state index contributed by atoms with van der Waals surface area (Å²) in [4.78, 5) is 25.0. The minimum atomic E-state index is -2.79. The van der Waals surface area contributed by atoms with Crippen molar-refractivity contribution in [3.63, 3.8) is 0 Å². The van der Waals surface area contributed by atoms with Crippen LogP contribution in [0.4, 0.5) is 0 Å². The second kappa shape index (κ2) is 22.6. The normalized spacial score (nSPS) is 48.3. The van der Waals surface area contributed by atoms with Gasteiger partial charge in [0.05, 0.1) is 45.2 Å². The summed E-state index contributed by atoms with van der Waals surface area (Å²) in [6, 6.07) is -1.77. The van der Waals surface area contributed by atoms with Crippen LogP contribution in [-0.4, -0.2) is 285 Å². The Labute approximate surface area is 368 Å². The summed E-state index contributed by atoms with van der Waals surface area (Å²) in [5, 5.41) is 181. The maximum Gasteiger partial charge on any atom is 0.364 e. The Balaban J connectivity index is 1.34. The van der Waals surface area contributed by atoms with Gasteiger partial charge in [0.25, 0.3) is 5.79 Å². The summed E-state index contributed by atoms with van der Waals surface area (Å²) in [5.74, 6) is -6.50. The molecule has 0 aromatic carbocycles. The monoisotopic (exact) mass is 955 g/mol. The molecular weight excluding hydrogens is 894 g/mol. The second-order valence-corrected chi connectivity index (χ2v) is 16.5. The highest BCUT2D eigenvalue weighted by atomic mass is 16.8. The fraction of sp³-hybridized carbons (Fsp3) is 0.944. The van der Waals surface area contributed by atoms with Gasteiger partial charge in [0, 0.05) is 19.3 Å². The van der Waals surface area contributed by atoms with E-state index in [9.17, 15) is 96.4 Å². The summed E-state index contributed by atoms with van der Waals surface area (Å²) in [6.45, 7) is -2.51. The number of hydrogen-bond donors (Lipinski definition) is 18. The molecule has 0 aromatic rings. The summed E-state index contributed by atoms with van der Waals surface area (Å²) in [5.41, 5.74) is 0. The standard InChI is InChI=1S/C36H61NO28/c1-9-11(43)3-36(35(55)56,65-27(9)18(45)12(44)4-38)57-8-16-19(46)22(49)25(52)33(61-16)62-28-15(7-41)60-32(17(21(28)48)37-10(2)42)64-30-20(47)13(5-39)59-34(26(30)53)63-29-14(6-40)58-31(54)24(51)23(29)50/h9,11-34,38-41,43-54H,3-8H2,1-2H3,(H,37,42)(H,55,56)/t9?,11-,12-,13?,14?,15?,16?,17?,18-,19+,20+,21-,22+,23-,24?,25?,26?,27-,28-,29-,30+,31?,32+,33+,34+,36-/m1/s1. The topological polar surface area (TPSA) is 473 Å². The Hall–Kier alpha value is -2.06. The molecule has 0 spiro atoms. The predicted octanol–water partition coefficient (Wildman–Crippen LogP) is -11.3. The first-order valence-electron chi connectivity index (χ1n) is 20.6. The zero-order chi connectivity index (χ0) is 48.4. The molecule has 5 saturated heterocycles. The van der Waals surface area contributed by atoms with Gasteiger partial charge in [-0.1, -0.05) is 6.92 Å². The van der Waals surface area contributed by atoms with Crippen molar-refractivity contribution in [2.24, 2.45) is 5.92 Å². The van der Waals surface area contributed by atoms with E-state index in [4.69, 9.17) is 42.6 Å². The molecule has 29 nitrogen and oxygen atoms in total. The number of carbonyl (C=O) groups is 2. The van der Waals surface area contributed by atoms with Gasteiger partial charge in [-0.3, -0.25) is 4.79 Å². The largest absolute Gasteiger partial charge is 0.477 e. The van der Waals surface area contributed by atoms with Gasteiger partial charge in [-0.05, 0) is 0 Å². The molecule has 378 valence electrons. The van der Waals surface area contributed by atoms with Gasteiger partial charge >= 0.3 is 5.97 Å². The number of rotatable bonds is 17. The number of hydrogen-bond acceptors (Lipinski definition) is 27. The zero-order valence-corrected chi connectivity index (χ0v) is 34.8. The van der Waals surface area contributed by atoms with Crippen LogP contribution in [-0.2, 0) is 52.2 Å². The molecule has 0 radical (unpaired) electrons. The van der Waals surface area contributed by atoms with Crippen molar-refractivity contribution in [3.8, 4) is 0 Å². The molecule has 5 rings (SSSR count). The minimum absolute atomic E-state index is 0.776.